The first-order valence-electron chi connectivity index (χ1n) is 10.4. The van der Waals surface area contributed by atoms with Gasteiger partial charge in [-0.1, -0.05) is 0 Å². The van der Waals surface area contributed by atoms with E-state index in [1.54, 1.807) is 23.1 Å². The van der Waals surface area contributed by atoms with Crippen molar-refractivity contribution in [1.29, 1.82) is 0 Å². The monoisotopic (exact) mass is 430 g/mol. The number of carbonyl (C=O) groups excluding carboxylic acids is 1. The van der Waals surface area contributed by atoms with Crippen LogP contribution in [0.15, 0.2) is 34.0 Å². The molecule has 1 N–H and O–H groups in total. The number of aromatic nitrogens is 2. The Labute approximate surface area is 176 Å². The van der Waals surface area contributed by atoms with E-state index < -0.39 is 10.0 Å². The van der Waals surface area contributed by atoms with Crippen LogP contribution in [0.2, 0.25) is 0 Å². The summed E-state index contributed by atoms with van der Waals surface area (Å²) in [5.74, 6) is -0.0485. The highest BCUT2D eigenvalue weighted by Crippen LogP contribution is 2.29. The molecule has 30 heavy (non-hydrogen) atoms. The van der Waals surface area contributed by atoms with E-state index in [2.05, 4.69) is 9.82 Å². The van der Waals surface area contributed by atoms with Gasteiger partial charge in [0.05, 0.1) is 17.1 Å². The molecule has 1 aliphatic carbocycles. The lowest BCUT2D eigenvalue weighted by molar-refractivity contribution is -0.116. The van der Waals surface area contributed by atoms with Crippen molar-refractivity contribution in [2.45, 2.75) is 56.9 Å². The number of amides is 1. The molecule has 1 aliphatic heterocycles. The number of aryl methyl sites for hydroxylation is 3. The third kappa shape index (κ3) is 4.17. The first kappa shape index (κ1) is 20.7. The summed E-state index contributed by atoms with van der Waals surface area (Å²) in [5, 5.41) is 4.42. The zero-order chi connectivity index (χ0) is 21.3. The van der Waals surface area contributed by atoms with Crippen LogP contribution >= 0.6 is 0 Å². The highest BCUT2D eigenvalue weighted by molar-refractivity contribution is 7.89. The highest BCUT2D eigenvalue weighted by Gasteiger charge is 2.23. The zero-order valence-corrected chi connectivity index (χ0v) is 17.9. The first-order chi connectivity index (χ1) is 14.3. The van der Waals surface area contributed by atoms with Crippen LogP contribution in [0, 0.1) is 0 Å². The van der Waals surface area contributed by atoms with Gasteiger partial charge < -0.3 is 4.90 Å². The maximum Gasteiger partial charge on any atom is 0.267 e. The largest absolute Gasteiger partial charge is 0.312 e. The maximum absolute atomic E-state index is 12.7. The minimum atomic E-state index is -3.73. The van der Waals surface area contributed by atoms with Crippen molar-refractivity contribution >= 4 is 21.6 Å². The molecule has 0 radical (unpaired) electrons. The van der Waals surface area contributed by atoms with Crippen LogP contribution in [0.1, 0.15) is 43.0 Å². The zero-order valence-electron chi connectivity index (χ0n) is 17.1. The lowest BCUT2D eigenvalue weighted by Gasteiger charge is -2.28. The van der Waals surface area contributed by atoms with E-state index in [1.165, 1.54) is 17.7 Å². The Morgan fingerprint density at radius 1 is 1.10 bits per heavy atom. The van der Waals surface area contributed by atoms with Gasteiger partial charge in [0.15, 0.2) is 0 Å². The summed E-state index contributed by atoms with van der Waals surface area (Å²) in [6.07, 6.45) is 5.40. The minimum Gasteiger partial charge on any atom is -0.312 e. The molecule has 0 bridgehead atoms. The van der Waals surface area contributed by atoms with E-state index in [0.29, 0.717) is 6.54 Å². The van der Waals surface area contributed by atoms with E-state index in [4.69, 9.17) is 0 Å². The Morgan fingerprint density at radius 2 is 1.87 bits per heavy atom. The number of nitrogens with zero attached hydrogens (tertiary/aromatic N) is 3. The molecule has 0 fully saturated rings. The van der Waals surface area contributed by atoms with Crippen molar-refractivity contribution in [2.75, 3.05) is 18.0 Å². The summed E-state index contributed by atoms with van der Waals surface area (Å²) in [6, 6.07) is 6.47. The van der Waals surface area contributed by atoms with Gasteiger partial charge in [0.1, 0.15) is 0 Å². The van der Waals surface area contributed by atoms with Gasteiger partial charge in [-0.25, -0.2) is 17.8 Å². The van der Waals surface area contributed by atoms with Crippen molar-refractivity contribution in [3.8, 4) is 0 Å². The Hall–Kier alpha value is -2.52. The molecule has 0 atom stereocenters. The Kier molecular flexibility index (Phi) is 5.75. The number of rotatable bonds is 5. The van der Waals surface area contributed by atoms with E-state index in [9.17, 15) is 18.0 Å². The van der Waals surface area contributed by atoms with Crippen molar-refractivity contribution in [1.82, 2.24) is 14.5 Å². The fourth-order valence-electron chi connectivity index (χ4n) is 4.20. The van der Waals surface area contributed by atoms with Crippen molar-refractivity contribution in [3.63, 3.8) is 0 Å². The van der Waals surface area contributed by atoms with Crippen LogP contribution in [0.4, 0.5) is 5.69 Å². The molecule has 2 heterocycles. The van der Waals surface area contributed by atoms with Gasteiger partial charge in [0.25, 0.3) is 5.56 Å². The predicted molar refractivity (Wildman–Crippen MR) is 113 cm³/mol. The van der Waals surface area contributed by atoms with Gasteiger partial charge >= 0.3 is 0 Å². The van der Waals surface area contributed by atoms with E-state index in [0.717, 1.165) is 61.0 Å². The summed E-state index contributed by atoms with van der Waals surface area (Å²) >= 11 is 0. The average Bonchev–Trinajstić information content (AvgIpc) is 2.73. The van der Waals surface area contributed by atoms with E-state index >= 15 is 0 Å². The van der Waals surface area contributed by atoms with E-state index in [1.807, 2.05) is 0 Å². The van der Waals surface area contributed by atoms with Crippen LogP contribution < -0.4 is 15.2 Å². The number of sulfonamides is 1. The Bertz CT molecular complexity index is 1140. The van der Waals surface area contributed by atoms with Gasteiger partial charge in [-0.15, -0.1) is 0 Å². The lowest BCUT2D eigenvalue weighted by Crippen LogP contribution is -2.34. The fourth-order valence-corrected chi connectivity index (χ4v) is 5.27. The molecule has 1 aromatic carbocycles. The Morgan fingerprint density at radius 3 is 2.67 bits per heavy atom. The molecule has 160 valence electrons. The van der Waals surface area contributed by atoms with Crippen LogP contribution in [0.5, 0.6) is 0 Å². The smallest absolute Gasteiger partial charge is 0.267 e. The highest BCUT2D eigenvalue weighted by atomic mass is 32.2. The molecular formula is C21H26N4O4S. The molecule has 2 aromatic rings. The summed E-state index contributed by atoms with van der Waals surface area (Å²) in [6.45, 7) is 2.41. The maximum atomic E-state index is 12.7. The van der Waals surface area contributed by atoms with Gasteiger partial charge in [-0.2, -0.15) is 5.10 Å². The molecule has 0 saturated heterocycles. The van der Waals surface area contributed by atoms with Gasteiger partial charge in [-0.05, 0) is 67.9 Å². The van der Waals surface area contributed by atoms with Crippen molar-refractivity contribution in [3.05, 3.63) is 51.4 Å². The molecular weight excluding hydrogens is 404 g/mol. The lowest BCUT2D eigenvalue weighted by atomic mass is 9.97. The van der Waals surface area contributed by atoms with Gasteiger partial charge in [0.2, 0.25) is 15.9 Å². The van der Waals surface area contributed by atoms with Crippen LogP contribution in [-0.4, -0.2) is 37.2 Å². The summed E-state index contributed by atoms with van der Waals surface area (Å²) in [7, 11) is -3.73. The topological polar surface area (TPSA) is 101 Å². The summed E-state index contributed by atoms with van der Waals surface area (Å²) in [4.78, 5) is 25.9. The molecule has 9 heteroatoms. The molecule has 0 saturated carbocycles. The van der Waals surface area contributed by atoms with Crippen LogP contribution in [0.25, 0.3) is 0 Å². The molecule has 1 aromatic heterocycles. The van der Waals surface area contributed by atoms with Gasteiger partial charge in [0, 0.05) is 31.8 Å². The third-order valence-corrected chi connectivity index (χ3v) is 7.21. The van der Waals surface area contributed by atoms with Crippen LogP contribution in [0.3, 0.4) is 0 Å². The second kappa shape index (κ2) is 8.31. The minimum absolute atomic E-state index is 0.0485. The average molecular weight is 431 g/mol. The third-order valence-electron chi connectivity index (χ3n) is 5.75. The summed E-state index contributed by atoms with van der Waals surface area (Å²) in [5.41, 5.74) is 3.38. The Balaban J connectivity index is 1.47. The molecule has 1 amide bonds. The standard InChI is InChI=1S/C21H26N4O4S/c1-15(26)24-11-4-6-17-13-18(8-9-20(17)24)30(28,29)22-10-12-25-21(27)14-16-5-2-3-7-19(16)23-25/h8-9,13-14,22H,2-7,10-12H2,1H3. The number of anilines is 1. The molecule has 8 nitrogen and oxygen atoms in total. The first-order valence-corrected chi connectivity index (χ1v) is 11.8. The summed E-state index contributed by atoms with van der Waals surface area (Å²) < 4.78 is 29.4. The van der Waals surface area contributed by atoms with Crippen LogP contribution in [-0.2, 0) is 40.6 Å². The second-order valence-electron chi connectivity index (χ2n) is 7.85. The molecule has 2 aliphatic rings. The molecule has 4 rings (SSSR count). The predicted octanol–water partition coefficient (Wildman–Crippen LogP) is 1.40. The SMILES string of the molecule is CC(=O)N1CCCc2cc(S(=O)(=O)NCCn3nc4c(cc3=O)CCCC4)ccc21. The fraction of sp³-hybridized carbons (Fsp3) is 0.476. The normalized spacial score (nSPS) is 16.1. The number of benzene rings is 1. The molecule has 0 unspecified atom stereocenters. The number of hydrogen-bond acceptors (Lipinski definition) is 5. The quantitative estimate of drug-likeness (QED) is 0.773. The number of fused-ring (bicyclic) bond motifs is 2. The van der Waals surface area contributed by atoms with Crippen molar-refractivity contribution < 1.29 is 13.2 Å². The number of nitrogens with one attached hydrogen (secondary N) is 1. The number of carbonyl (C=O) groups is 1. The second-order valence-corrected chi connectivity index (χ2v) is 9.61. The van der Waals surface area contributed by atoms with Gasteiger partial charge in [-0.3, -0.25) is 9.59 Å². The van der Waals surface area contributed by atoms with Crippen molar-refractivity contribution in [2.24, 2.45) is 0 Å². The molecule has 0 spiro atoms. The number of hydrogen-bond donors (Lipinski definition) is 1. The van der Waals surface area contributed by atoms with E-state index in [-0.39, 0.29) is 29.5 Å².